The summed E-state index contributed by atoms with van der Waals surface area (Å²) in [7, 11) is 3.58. The number of amides is 1. The van der Waals surface area contributed by atoms with Crippen molar-refractivity contribution < 1.29 is 4.79 Å². The summed E-state index contributed by atoms with van der Waals surface area (Å²) in [4.78, 5) is 15.2. The molecule has 0 aliphatic carbocycles. The highest BCUT2D eigenvalue weighted by atomic mass is 16.2. The van der Waals surface area contributed by atoms with Gasteiger partial charge in [-0.2, -0.15) is 0 Å². The molecule has 0 bridgehead atoms. The Labute approximate surface area is 87.0 Å². The summed E-state index contributed by atoms with van der Waals surface area (Å²) >= 11 is 0. The Bertz CT molecular complexity index is 159. The van der Waals surface area contributed by atoms with Crippen LogP contribution in [0.1, 0.15) is 19.8 Å². The van der Waals surface area contributed by atoms with E-state index in [4.69, 9.17) is 5.73 Å². The topological polar surface area (TPSA) is 49.6 Å². The maximum absolute atomic E-state index is 11.3. The Morgan fingerprint density at radius 3 is 2.36 bits per heavy atom. The van der Waals surface area contributed by atoms with Crippen LogP contribution in [0.4, 0.5) is 0 Å². The molecule has 2 N–H and O–H groups in total. The van der Waals surface area contributed by atoms with Crippen LogP contribution in [0.25, 0.3) is 0 Å². The standard InChI is InChI=1S/C10H23N3O/c1-4-13(9-7-11)8-5-6-10(14)12(2)3/h4-9,11H2,1-3H3. The van der Waals surface area contributed by atoms with Crippen LogP contribution >= 0.6 is 0 Å². The van der Waals surface area contributed by atoms with Crippen molar-refractivity contribution in [3.05, 3.63) is 0 Å². The van der Waals surface area contributed by atoms with E-state index in [2.05, 4.69) is 11.8 Å². The van der Waals surface area contributed by atoms with Crippen LogP contribution in [0.15, 0.2) is 0 Å². The lowest BCUT2D eigenvalue weighted by atomic mass is 10.2. The first kappa shape index (κ1) is 13.4. The SMILES string of the molecule is CCN(CCN)CCCC(=O)N(C)C. The number of hydrogen-bond acceptors (Lipinski definition) is 3. The molecule has 84 valence electrons. The fourth-order valence-electron chi connectivity index (χ4n) is 1.29. The fourth-order valence-corrected chi connectivity index (χ4v) is 1.29. The quantitative estimate of drug-likeness (QED) is 0.637. The summed E-state index contributed by atoms with van der Waals surface area (Å²) in [5.74, 6) is 0.203. The lowest BCUT2D eigenvalue weighted by Crippen LogP contribution is -2.31. The molecule has 0 saturated heterocycles. The number of hydrogen-bond donors (Lipinski definition) is 1. The number of rotatable bonds is 7. The molecule has 0 aromatic heterocycles. The highest BCUT2D eigenvalue weighted by Gasteiger charge is 2.05. The van der Waals surface area contributed by atoms with Crippen molar-refractivity contribution in [3.8, 4) is 0 Å². The normalized spacial score (nSPS) is 10.6. The molecule has 0 aromatic rings. The summed E-state index contributed by atoms with van der Waals surface area (Å²) in [6.07, 6.45) is 1.55. The third kappa shape index (κ3) is 5.94. The molecule has 4 nitrogen and oxygen atoms in total. The molecule has 0 fully saturated rings. The summed E-state index contributed by atoms with van der Waals surface area (Å²) in [5.41, 5.74) is 5.47. The van der Waals surface area contributed by atoms with Crippen molar-refractivity contribution in [2.24, 2.45) is 5.73 Å². The molecule has 4 heteroatoms. The maximum Gasteiger partial charge on any atom is 0.222 e. The molecule has 0 radical (unpaired) electrons. The van der Waals surface area contributed by atoms with E-state index >= 15 is 0 Å². The molecule has 0 atom stereocenters. The van der Waals surface area contributed by atoms with Crippen molar-refractivity contribution in [2.75, 3.05) is 40.3 Å². The Hall–Kier alpha value is -0.610. The van der Waals surface area contributed by atoms with Crippen LogP contribution in [-0.4, -0.2) is 56.0 Å². The van der Waals surface area contributed by atoms with Crippen LogP contribution in [0.5, 0.6) is 0 Å². The summed E-state index contributed by atoms with van der Waals surface area (Å²) in [6, 6.07) is 0. The lowest BCUT2D eigenvalue weighted by molar-refractivity contribution is -0.128. The van der Waals surface area contributed by atoms with E-state index < -0.39 is 0 Å². The fraction of sp³-hybridized carbons (Fsp3) is 0.900. The summed E-state index contributed by atoms with van der Waals surface area (Å²) < 4.78 is 0. The number of nitrogens with zero attached hydrogens (tertiary/aromatic N) is 2. The molecule has 0 rings (SSSR count). The summed E-state index contributed by atoms with van der Waals surface area (Å²) in [5, 5.41) is 0. The minimum absolute atomic E-state index is 0.203. The summed E-state index contributed by atoms with van der Waals surface area (Å²) in [6.45, 7) is 5.70. The number of likely N-dealkylation sites (N-methyl/N-ethyl adjacent to an activating group) is 1. The van der Waals surface area contributed by atoms with Gasteiger partial charge in [0.2, 0.25) is 5.91 Å². The van der Waals surface area contributed by atoms with Gasteiger partial charge in [0.15, 0.2) is 0 Å². The average molecular weight is 201 g/mol. The molecule has 0 unspecified atom stereocenters. The van der Waals surface area contributed by atoms with Crippen molar-refractivity contribution >= 4 is 5.91 Å². The zero-order chi connectivity index (χ0) is 11.0. The zero-order valence-corrected chi connectivity index (χ0v) is 9.62. The molecule has 0 aromatic carbocycles. The van der Waals surface area contributed by atoms with Crippen LogP contribution in [-0.2, 0) is 4.79 Å². The van der Waals surface area contributed by atoms with Gasteiger partial charge in [-0.05, 0) is 19.5 Å². The molecule has 0 spiro atoms. The van der Waals surface area contributed by atoms with Crippen molar-refractivity contribution in [2.45, 2.75) is 19.8 Å². The first-order chi connectivity index (χ1) is 6.61. The number of carbonyl (C=O) groups excluding carboxylic acids is 1. The first-order valence-corrected chi connectivity index (χ1v) is 5.24. The van der Waals surface area contributed by atoms with Crippen molar-refractivity contribution in [1.29, 1.82) is 0 Å². The van der Waals surface area contributed by atoms with Gasteiger partial charge < -0.3 is 15.5 Å². The highest BCUT2D eigenvalue weighted by Crippen LogP contribution is 1.97. The van der Waals surface area contributed by atoms with Crippen molar-refractivity contribution in [3.63, 3.8) is 0 Å². The van der Waals surface area contributed by atoms with Gasteiger partial charge in [0, 0.05) is 33.6 Å². The molecule has 0 heterocycles. The largest absolute Gasteiger partial charge is 0.349 e. The van der Waals surface area contributed by atoms with Gasteiger partial charge in [-0.3, -0.25) is 4.79 Å². The van der Waals surface area contributed by atoms with E-state index in [0.29, 0.717) is 13.0 Å². The van der Waals surface area contributed by atoms with Gasteiger partial charge in [-0.25, -0.2) is 0 Å². The van der Waals surface area contributed by atoms with Gasteiger partial charge in [0.1, 0.15) is 0 Å². The Morgan fingerprint density at radius 2 is 1.93 bits per heavy atom. The van der Waals surface area contributed by atoms with Crippen LogP contribution in [0.2, 0.25) is 0 Å². The monoisotopic (exact) mass is 201 g/mol. The lowest BCUT2D eigenvalue weighted by Gasteiger charge is -2.19. The molecular formula is C10H23N3O. The molecule has 0 saturated carbocycles. The van der Waals surface area contributed by atoms with E-state index in [1.165, 1.54) is 0 Å². The van der Waals surface area contributed by atoms with E-state index in [9.17, 15) is 4.79 Å². The predicted molar refractivity (Wildman–Crippen MR) is 59.1 cm³/mol. The number of nitrogens with two attached hydrogens (primary N) is 1. The van der Waals surface area contributed by atoms with Crippen LogP contribution in [0.3, 0.4) is 0 Å². The minimum atomic E-state index is 0.203. The van der Waals surface area contributed by atoms with Crippen LogP contribution in [0, 0.1) is 0 Å². The maximum atomic E-state index is 11.3. The Kier molecular flexibility index (Phi) is 7.42. The molecule has 0 aliphatic rings. The van der Waals surface area contributed by atoms with E-state index in [1.54, 1.807) is 19.0 Å². The smallest absolute Gasteiger partial charge is 0.222 e. The van der Waals surface area contributed by atoms with E-state index in [0.717, 1.165) is 26.1 Å². The van der Waals surface area contributed by atoms with Gasteiger partial charge in [0.25, 0.3) is 0 Å². The second-order valence-electron chi connectivity index (χ2n) is 3.61. The average Bonchev–Trinajstić information content (AvgIpc) is 2.16. The third-order valence-electron chi connectivity index (χ3n) is 2.26. The van der Waals surface area contributed by atoms with Gasteiger partial charge in [-0.1, -0.05) is 6.92 Å². The van der Waals surface area contributed by atoms with Crippen LogP contribution < -0.4 is 5.73 Å². The predicted octanol–water partition coefficient (Wildman–Crippen LogP) is 0.135. The van der Waals surface area contributed by atoms with Gasteiger partial charge in [0.05, 0.1) is 0 Å². The first-order valence-electron chi connectivity index (χ1n) is 5.24. The molecular weight excluding hydrogens is 178 g/mol. The molecule has 14 heavy (non-hydrogen) atoms. The number of carbonyl (C=O) groups is 1. The second-order valence-corrected chi connectivity index (χ2v) is 3.61. The van der Waals surface area contributed by atoms with Gasteiger partial charge >= 0.3 is 0 Å². The third-order valence-corrected chi connectivity index (χ3v) is 2.26. The van der Waals surface area contributed by atoms with E-state index in [1.807, 2.05) is 0 Å². The van der Waals surface area contributed by atoms with E-state index in [-0.39, 0.29) is 5.91 Å². The molecule has 0 aliphatic heterocycles. The second kappa shape index (κ2) is 7.76. The Morgan fingerprint density at radius 1 is 1.29 bits per heavy atom. The minimum Gasteiger partial charge on any atom is -0.349 e. The highest BCUT2D eigenvalue weighted by molar-refractivity contribution is 5.75. The van der Waals surface area contributed by atoms with Crippen molar-refractivity contribution in [1.82, 2.24) is 9.80 Å². The Balaban J connectivity index is 3.55. The molecule has 1 amide bonds. The zero-order valence-electron chi connectivity index (χ0n) is 9.62. The van der Waals surface area contributed by atoms with Gasteiger partial charge in [-0.15, -0.1) is 0 Å².